The Morgan fingerprint density at radius 1 is 1.16 bits per heavy atom. The largest absolute Gasteiger partial charge is 0.325 e. The molecule has 0 radical (unpaired) electrons. The van der Waals surface area contributed by atoms with E-state index >= 15 is 0 Å². The lowest BCUT2D eigenvalue weighted by molar-refractivity contribution is 0.312. The molecule has 0 bridgehead atoms. The molecule has 0 aliphatic carbocycles. The number of piperidine rings is 1. The van der Waals surface area contributed by atoms with Gasteiger partial charge in [-0.1, -0.05) is 19.1 Å². The second-order valence-electron chi connectivity index (χ2n) is 7.83. The van der Waals surface area contributed by atoms with Crippen molar-refractivity contribution in [3.05, 3.63) is 60.2 Å². The Morgan fingerprint density at radius 2 is 2.00 bits per heavy atom. The van der Waals surface area contributed by atoms with Crippen LogP contribution in [0.25, 0.3) is 0 Å². The summed E-state index contributed by atoms with van der Waals surface area (Å²) in [6.07, 6.45) is 5.99. The molecular formula is C22H28N6O2S. The molecule has 1 aliphatic heterocycles. The molecule has 4 rings (SSSR count). The van der Waals surface area contributed by atoms with Gasteiger partial charge in [-0.05, 0) is 50.5 Å². The maximum atomic E-state index is 13.3. The van der Waals surface area contributed by atoms with Gasteiger partial charge in [0, 0.05) is 43.6 Å². The summed E-state index contributed by atoms with van der Waals surface area (Å²) in [7, 11) is -3.59. The molecule has 1 aliphatic rings. The van der Waals surface area contributed by atoms with Crippen molar-refractivity contribution in [3.63, 3.8) is 0 Å². The number of anilines is 2. The van der Waals surface area contributed by atoms with Crippen molar-refractivity contribution < 1.29 is 8.42 Å². The van der Waals surface area contributed by atoms with Gasteiger partial charge in [0.05, 0.1) is 5.69 Å². The van der Waals surface area contributed by atoms with Crippen molar-refractivity contribution in [2.45, 2.75) is 50.5 Å². The number of pyridine rings is 2. The highest BCUT2D eigenvalue weighted by molar-refractivity contribution is 7.89. The van der Waals surface area contributed by atoms with Crippen LogP contribution < -0.4 is 5.32 Å². The minimum Gasteiger partial charge on any atom is -0.325 e. The van der Waals surface area contributed by atoms with Gasteiger partial charge in [-0.15, -0.1) is 0 Å². The molecule has 0 spiro atoms. The summed E-state index contributed by atoms with van der Waals surface area (Å²) in [6.45, 7) is 5.45. The van der Waals surface area contributed by atoms with Gasteiger partial charge in [0.15, 0.2) is 0 Å². The van der Waals surface area contributed by atoms with E-state index in [0.29, 0.717) is 36.0 Å². The fraction of sp³-hybridized carbons (Fsp3) is 0.409. The van der Waals surface area contributed by atoms with Gasteiger partial charge in [-0.25, -0.2) is 18.4 Å². The Hall–Kier alpha value is -2.78. The van der Waals surface area contributed by atoms with Crippen molar-refractivity contribution in [1.82, 2.24) is 24.1 Å². The molecule has 3 aromatic rings. The molecule has 3 aromatic heterocycles. The molecule has 1 fully saturated rings. The van der Waals surface area contributed by atoms with Gasteiger partial charge in [-0.2, -0.15) is 9.40 Å². The predicted molar refractivity (Wildman–Crippen MR) is 120 cm³/mol. The molecule has 0 unspecified atom stereocenters. The third-order valence-electron chi connectivity index (χ3n) is 5.47. The summed E-state index contributed by atoms with van der Waals surface area (Å²) in [5, 5.41) is 7.58. The zero-order valence-electron chi connectivity index (χ0n) is 17.9. The third-order valence-corrected chi connectivity index (χ3v) is 7.43. The first-order valence-electron chi connectivity index (χ1n) is 10.7. The normalized spacial score (nSPS) is 17.5. The van der Waals surface area contributed by atoms with Crippen LogP contribution >= 0.6 is 0 Å². The van der Waals surface area contributed by atoms with Gasteiger partial charge in [-0.3, -0.25) is 4.68 Å². The summed E-state index contributed by atoms with van der Waals surface area (Å²) in [5.74, 6) is 1.47. The van der Waals surface area contributed by atoms with Crippen LogP contribution in [0.2, 0.25) is 0 Å². The number of aromatic nitrogens is 4. The Bertz CT molecular complexity index is 1130. The van der Waals surface area contributed by atoms with Gasteiger partial charge >= 0.3 is 0 Å². The summed E-state index contributed by atoms with van der Waals surface area (Å²) >= 11 is 0. The fourth-order valence-electron chi connectivity index (χ4n) is 3.95. The lowest BCUT2D eigenvalue weighted by Crippen LogP contribution is -2.39. The molecule has 31 heavy (non-hydrogen) atoms. The average Bonchev–Trinajstić information content (AvgIpc) is 3.16. The third kappa shape index (κ3) is 4.77. The number of rotatable bonds is 7. The van der Waals surface area contributed by atoms with Crippen LogP contribution in [0, 0.1) is 6.92 Å². The molecule has 1 saturated heterocycles. The zero-order valence-corrected chi connectivity index (χ0v) is 18.7. The molecule has 1 atom stereocenters. The topological polar surface area (TPSA) is 93.0 Å². The van der Waals surface area contributed by atoms with Crippen LogP contribution in [-0.2, 0) is 16.6 Å². The second-order valence-corrected chi connectivity index (χ2v) is 9.74. The molecule has 0 aromatic carbocycles. The first-order chi connectivity index (χ1) is 15.0. The van der Waals surface area contributed by atoms with E-state index in [-0.39, 0.29) is 5.92 Å². The van der Waals surface area contributed by atoms with Crippen LogP contribution in [0.1, 0.15) is 43.5 Å². The van der Waals surface area contributed by atoms with E-state index in [9.17, 15) is 8.42 Å². The van der Waals surface area contributed by atoms with Crippen LogP contribution in [0.4, 0.5) is 11.6 Å². The first kappa shape index (κ1) is 21.5. The first-order valence-corrected chi connectivity index (χ1v) is 12.1. The minimum atomic E-state index is -3.59. The highest BCUT2D eigenvalue weighted by atomic mass is 32.2. The van der Waals surface area contributed by atoms with Gasteiger partial charge < -0.3 is 5.32 Å². The smallest absolute Gasteiger partial charge is 0.246 e. The monoisotopic (exact) mass is 440 g/mol. The minimum absolute atomic E-state index is 0.0417. The van der Waals surface area contributed by atoms with Crippen molar-refractivity contribution in [3.8, 4) is 0 Å². The second kappa shape index (κ2) is 9.15. The van der Waals surface area contributed by atoms with Gasteiger partial charge in [0.1, 0.15) is 16.5 Å². The SMILES string of the molecule is CCCn1cc(S(=O)(=O)N2CCC[C@H](c3cccc(Nc4ccccn4)n3)C2)c(C)n1. The zero-order chi connectivity index (χ0) is 21.8. The Labute approximate surface area is 183 Å². The molecule has 0 amide bonds. The Kier molecular flexibility index (Phi) is 6.33. The van der Waals surface area contributed by atoms with Gasteiger partial charge in [0.2, 0.25) is 10.0 Å². The molecule has 1 N–H and O–H groups in total. The number of aryl methyl sites for hydroxylation is 2. The molecular weight excluding hydrogens is 412 g/mol. The number of sulfonamides is 1. The van der Waals surface area contributed by atoms with Crippen LogP contribution in [0.3, 0.4) is 0 Å². The number of hydrogen-bond donors (Lipinski definition) is 1. The summed E-state index contributed by atoms with van der Waals surface area (Å²) in [6, 6.07) is 11.5. The maximum absolute atomic E-state index is 13.3. The Morgan fingerprint density at radius 3 is 2.77 bits per heavy atom. The lowest BCUT2D eigenvalue weighted by atomic mass is 9.95. The van der Waals surface area contributed by atoms with Crippen molar-refractivity contribution in [2.24, 2.45) is 0 Å². The highest BCUT2D eigenvalue weighted by Crippen LogP contribution is 2.31. The predicted octanol–water partition coefficient (Wildman–Crippen LogP) is 3.70. The van der Waals surface area contributed by atoms with Crippen LogP contribution in [0.15, 0.2) is 53.7 Å². The summed E-state index contributed by atoms with van der Waals surface area (Å²) in [5.41, 5.74) is 1.44. The standard InChI is InChI=1S/C22H28N6O2S/c1-3-13-27-16-20(17(2)26-27)31(29,30)28-14-7-8-18(15-28)19-9-6-11-22(24-19)25-21-10-4-5-12-23-21/h4-6,9-12,16,18H,3,7-8,13-15H2,1-2H3,(H,23,24,25)/t18-/m0/s1. The molecule has 9 heteroatoms. The van der Waals surface area contributed by atoms with Gasteiger partial charge in [0.25, 0.3) is 0 Å². The van der Waals surface area contributed by atoms with E-state index < -0.39 is 10.0 Å². The number of nitrogens with one attached hydrogen (secondary N) is 1. The van der Waals surface area contributed by atoms with E-state index in [0.717, 1.165) is 30.8 Å². The maximum Gasteiger partial charge on any atom is 0.246 e. The van der Waals surface area contributed by atoms with Crippen molar-refractivity contribution in [2.75, 3.05) is 18.4 Å². The van der Waals surface area contributed by atoms with E-state index in [1.165, 1.54) is 0 Å². The fourth-order valence-corrected chi connectivity index (χ4v) is 5.65. The van der Waals surface area contributed by atoms with Crippen molar-refractivity contribution >= 4 is 21.7 Å². The molecule has 4 heterocycles. The molecule has 0 saturated carbocycles. The average molecular weight is 441 g/mol. The number of hydrogen-bond acceptors (Lipinski definition) is 6. The van der Waals surface area contributed by atoms with E-state index in [2.05, 4.69) is 15.4 Å². The van der Waals surface area contributed by atoms with E-state index in [4.69, 9.17) is 4.98 Å². The Balaban J connectivity index is 1.53. The summed E-state index contributed by atoms with van der Waals surface area (Å²) < 4.78 is 30.0. The van der Waals surface area contributed by atoms with E-state index in [1.54, 1.807) is 28.3 Å². The lowest BCUT2D eigenvalue weighted by Gasteiger charge is -2.31. The van der Waals surface area contributed by atoms with Crippen LogP contribution in [0.5, 0.6) is 0 Å². The summed E-state index contributed by atoms with van der Waals surface area (Å²) in [4.78, 5) is 9.31. The number of nitrogens with zero attached hydrogens (tertiary/aromatic N) is 5. The van der Waals surface area contributed by atoms with Crippen LogP contribution in [-0.4, -0.2) is 45.6 Å². The quantitative estimate of drug-likeness (QED) is 0.602. The molecule has 8 nitrogen and oxygen atoms in total. The van der Waals surface area contributed by atoms with E-state index in [1.807, 2.05) is 43.3 Å². The molecule has 164 valence electrons. The highest BCUT2D eigenvalue weighted by Gasteiger charge is 2.33. The van der Waals surface area contributed by atoms with Crippen molar-refractivity contribution in [1.29, 1.82) is 0 Å².